The molecule has 0 bridgehead atoms. The molecule has 0 fully saturated rings. The van der Waals surface area contributed by atoms with Gasteiger partial charge in [0.15, 0.2) is 0 Å². The molecule has 0 aromatic rings. The fraction of sp³-hybridized carbons (Fsp3) is 0.947. The van der Waals surface area contributed by atoms with Crippen molar-refractivity contribution in [1.29, 1.82) is 0 Å². The van der Waals surface area contributed by atoms with Crippen LogP contribution in [-0.4, -0.2) is 29.8 Å². The lowest BCUT2D eigenvalue weighted by Crippen LogP contribution is -2.42. The summed E-state index contributed by atoms with van der Waals surface area (Å²) in [4.78, 5) is 11.3. The zero-order valence-corrected chi connectivity index (χ0v) is 15.6. The van der Waals surface area contributed by atoms with Gasteiger partial charge in [-0.25, -0.2) is 0 Å². The standard InChI is InChI=1S/C19H39NO3/c1-4-6-7-8-9-10-11-12-13-14-15-23-17(5-2)18(16(3)20)19(21)22/h16-18H,4-15,20H2,1-3H3,(H,21,22). The highest BCUT2D eigenvalue weighted by Gasteiger charge is 2.30. The van der Waals surface area contributed by atoms with Gasteiger partial charge in [0.1, 0.15) is 0 Å². The molecule has 0 aromatic carbocycles. The minimum atomic E-state index is -0.852. The van der Waals surface area contributed by atoms with Gasteiger partial charge in [-0.3, -0.25) is 4.79 Å². The summed E-state index contributed by atoms with van der Waals surface area (Å²) in [6.45, 7) is 6.59. The van der Waals surface area contributed by atoms with Crippen LogP contribution in [0.1, 0.15) is 91.4 Å². The second-order valence-corrected chi connectivity index (χ2v) is 6.72. The van der Waals surface area contributed by atoms with E-state index >= 15 is 0 Å². The van der Waals surface area contributed by atoms with Crippen molar-refractivity contribution in [1.82, 2.24) is 0 Å². The van der Waals surface area contributed by atoms with Gasteiger partial charge in [-0.2, -0.15) is 0 Å². The van der Waals surface area contributed by atoms with Crippen molar-refractivity contribution < 1.29 is 14.6 Å². The minimum Gasteiger partial charge on any atom is -0.481 e. The molecule has 138 valence electrons. The fourth-order valence-corrected chi connectivity index (χ4v) is 3.02. The Morgan fingerprint density at radius 1 is 0.957 bits per heavy atom. The van der Waals surface area contributed by atoms with Crippen LogP contribution < -0.4 is 5.73 Å². The second kappa shape index (κ2) is 14.9. The number of ether oxygens (including phenoxy) is 1. The van der Waals surface area contributed by atoms with E-state index in [1.165, 1.54) is 57.8 Å². The van der Waals surface area contributed by atoms with Crippen molar-refractivity contribution in [3.8, 4) is 0 Å². The van der Waals surface area contributed by atoms with Gasteiger partial charge in [0.05, 0.1) is 12.0 Å². The third-order valence-electron chi connectivity index (χ3n) is 4.48. The molecule has 0 radical (unpaired) electrons. The summed E-state index contributed by atoms with van der Waals surface area (Å²) in [6, 6.07) is -0.384. The number of carbonyl (C=O) groups is 1. The van der Waals surface area contributed by atoms with Crippen molar-refractivity contribution in [2.45, 2.75) is 104 Å². The molecule has 0 heterocycles. The van der Waals surface area contributed by atoms with Crippen LogP contribution in [0.2, 0.25) is 0 Å². The number of nitrogens with two attached hydrogens (primary N) is 1. The molecule has 0 rings (SSSR count). The first-order chi connectivity index (χ1) is 11.0. The number of hydrogen-bond acceptors (Lipinski definition) is 3. The van der Waals surface area contributed by atoms with E-state index in [0.29, 0.717) is 13.0 Å². The van der Waals surface area contributed by atoms with E-state index in [4.69, 9.17) is 10.5 Å². The molecule has 4 heteroatoms. The summed E-state index contributed by atoms with van der Waals surface area (Å²) >= 11 is 0. The summed E-state index contributed by atoms with van der Waals surface area (Å²) in [5.74, 6) is -1.46. The number of aliphatic carboxylic acids is 1. The van der Waals surface area contributed by atoms with Gasteiger partial charge in [0, 0.05) is 12.6 Å². The molecule has 0 saturated carbocycles. The Labute approximate surface area is 143 Å². The monoisotopic (exact) mass is 329 g/mol. The molecule has 0 aliphatic rings. The highest BCUT2D eigenvalue weighted by molar-refractivity contribution is 5.71. The van der Waals surface area contributed by atoms with Crippen LogP contribution in [0, 0.1) is 5.92 Å². The molecular formula is C19H39NO3. The predicted molar refractivity (Wildman–Crippen MR) is 96.7 cm³/mol. The van der Waals surface area contributed by atoms with Crippen LogP contribution in [-0.2, 0) is 9.53 Å². The minimum absolute atomic E-state index is 0.272. The van der Waals surface area contributed by atoms with Gasteiger partial charge in [-0.15, -0.1) is 0 Å². The van der Waals surface area contributed by atoms with Crippen LogP contribution in [0.25, 0.3) is 0 Å². The molecule has 4 nitrogen and oxygen atoms in total. The Morgan fingerprint density at radius 3 is 1.83 bits per heavy atom. The van der Waals surface area contributed by atoms with Gasteiger partial charge in [-0.05, 0) is 19.8 Å². The summed E-state index contributed by atoms with van der Waals surface area (Å²) in [5, 5.41) is 9.26. The highest BCUT2D eigenvalue weighted by atomic mass is 16.5. The van der Waals surface area contributed by atoms with Gasteiger partial charge in [0.25, 0.3) is 0 Å². The number of rotatable bonds is 16. The SMILES string of the molecule is CCCCCCCCCCCCOC(CC)C(C(=O)O)C(C)N. The Balaban J connectivity index is 3.63. The smallest absolute Gasteiger partial charge is 0.310 e. The molecule has 0 aromatic heterocycles. The Bertz CT molecular complexity index is 282. The summed E-state index contributed by atoms with van der Waals surface area (Å²) < 4.78 is 5.79. The van der Waals surface area contributed by atoms with Crippen molar-refractivity contribution in [3.05, 3.63) is 0 Å². The molecule has 3 unspecified atom stereocenters. The van der Waals surface area contributed by atoms with E-state index in [1.807, 2.05) is 6.92 Å². The normalized spacial score (nSPS) is 15.3. The van der Waals surface area contributed by atoms with Crippen molar-refractivity contribution in [2.24, 2.45) is 11.7 Å². The quantitative estimate of drug-likeness (QED) is 0.401. The first kappa shape index (κ1) is 22.4. The van der Waals surface area contributed by atoms with E-state index in [9.17, 15) is 9.90 Å². The van der Waals surface area contributed by atoms with E-state index in [0.717, 1.165) is 6.42 Å². The van der Waals surface area contributed by atoms with Crippen molar-refractivity contribution in [2.75, 3.05) is 6.61 Å². The molecule has 0 saturated heterocycles. The number of carboxylic acid groups (broad SMARTS) is 1. The average molecular weight is 330 g/mol. The topological polar surface area (TPSA) is 72.5 Å². The Kier molecular flexibility index (Phi) is 14.6. The van der Waals surface area contributed by atoms with Crippen molar-refractivity contribution in [3.63, 3.8) is 0 Å². The third kappa shape index (κ3) is 11.5. The molecule has 3 atom stereocenters. The van der Waals surface area contributed by atoms with Crippen molar-refractivity contribution >= 4 is 5.97 Å². The lowest BCUT2D eigenvalue weighted by molar-refractivity contribution is -0.148. The van der Waals surface area contributed by atoms with Gasteiger partial charge in [-0.1, -0.05) is 71.6 Å². The number of hydrogen-bond donors (Lipinski definition) is 2. The van der Waals surface area contributed by atoms with Crippen LogP contribution in [0.15, 0.2) is 0 Å². The number of unbranched alkanes of at least 4 members (excludes halogenated alkanes) is 9. The fourth-order valence-electron chi connectivity index (χ4n) is 3.02. The Morgan fingerprint density at radius 2 is 1.43 bits per heavy atom. The van der Waals surface area contributed by atoms with Gasteiger partial charge in [0.2, 0.25) is 0 Å². The largest absolute Gasteiger partial charge is 0.481 e. The zero-order chi connectivity index (χ0) is 17.5. The third-order valence-corrected chi connectivity index (χ3v) is 4.48. The van der Waals surface area contributed by atoms with Crippen LogP contribution >= 0.6 is 0 Å². The summed E-state index contributed by atoms with van der Waals surface area (Å²) in [6.07, 6.45) is 13.3. The van der Waals surface area contributed by atoms with E-state index in [1.54, 1.807) is 6.92 Å². The lowest BCUT2D eigenvalue weighted by atomic mass is 9.93. The van der Waals surface area contributed by atoms with Crippen LogP contribution in [0.3, 0.4) is 0 Å². The molecule has 0 spiro atoms. The maximum atomic E-state index is 11.3. The maximum absolute atomic E-state index is 11.3. The number of carboxylic acids is 1. The Hall–Kier alpha value is -0.610. The molecule has 0 aliphatic carbocycles. The summed E-state index contributed by atoms with van der Waals surface area (Å²) in [7, 11) is 0. The predicted octanol–water partition coefficient (Wildman–Crippen LogP) is 4.75. The van der Waals surface area contributed by atoms with Crippen LogP contribution in [0.4, 0.5) is 0 Å². The maximum Gasteiger partial charge on any atom is 0.310 e. The summed E-state index contributed by atoms with van der Waals surface area (Å²) in [5.41, 5.74) is 5.78. The first-order valence-electron chi connectivity index (χ1n) is 9.64. The van der Waals surface area contributed by atoms with E-state index in [-0.39, 0.29) is 12.1 Å². The van der Waals surface area contributed by atoms with Gasteiger partial charge < -0.3 is 15.6 Å². The average Bonchev–Trinajstić information content (AvgIpc) is 2.50. The molecule has 3 N–H and O–H groups in total. The van der Waals surface area contributed by atoms with Gasteiger partial charge >= 0.3 is 5.97 Å². The zero-order valence-electron chi connectivity index (χ0n) is 15.6. The highest BCUT2D eigenvalue weighted by Crippen LogP contribution is 2.17. The van der Waals surface area contributed by atoms with E-state index in [2.05, 4.69) is 6.92 Å². The van der Waals surface area contributed by atoms with Crippen LogP contribution in [0.5, 0.6) is 0 Å². The molecule has 23 heavy (non-hydrogen) atoms. The van der Waals surface area contributed by atoms with E-state index < -0.39 is 11.9 Å². The first-order valence-corrected chi connectivity index (χ1v) is 9.64. The molecular weight excluding hydrogens is 290 g/mol. The lowest BCUT2D eigenvalue weighted by Gasteiger charge is -2.26. The second-order valence-electron chi connectivity index (χ2n) is 6.72. The molecule has 0 aliphatic heterocycles. The molecule has 0 amide bonds.